The number of hydrogen-bond donors (Lipinski definition) is 2. The molecule has 1 aliphatic heterocycles. The minimum atomic E-state index is 0.0743. The molecule has 0 atom stereocenters. The number of piperidine rings is 1. The molecule has 0 spiro atoms. The van der Waals surface area contributed by atoms with Crippen LogP contribution in [0.3, 0.4) is 0 Å². The van der Waals surface area contributed by atoms with Crippen LogP contribution in [0.4, 0.5) is 5.95 Å². The van der Waals surface area contributed by atoms with Gasteiger partial charge in [0.05, 0.1) is 17.8 Å². The Morgan fingerprint density at radius 3 is 2.60 bits per heavy atom. The molecule has 8 heteroatoms. The Hall–Kier alpha value is -2.38. The molecule has 8 nitrogen and oxygen atoms in total. The van der Waals surface area contributed by atoms with Crippen LogP contribution in [0.5, 0.6) is 0 Å². The van der Waals surface area contributed by atoms with Crippen molar-refractivity contribution in [2.24, 2.45) is 0 Å². The summed E-state index contributed by atoms with van der Waals surface area (Å²) < 4.78 is 2.00. The SMILES string of the molecule is CCC(CC)n1ncc(C(=O)N2CCC(c3nc(N)n[nH]3)CC2)c1C. The second-order valence-corrected chi connectivity index (χ2v) is 6.70. The number of amides is 1. The molecule has 0 aliphatic carbocycles. The monoisotopic (exact) mass is 345 g/mol. The highest BCUT2D eigenvalue weighted by Crippen LogP contribution is 2.27. The van der Waals surface area contributed by atoms with E-state index in [1.54, 1.807) is 6.20 Å². The third-order valence-electron chi connectivity index (χ3n) is 5.25. The molecule has 0 radical (unpaired) electrons. The Bertz CT molecular complexity index is 723. The number of likely N-dealkylation sites (tertiary alicyclic amines) is 1. The van der Waals surface area contributed by atoms with Gasteiger partial charge in [-0.1, -0.05) is 13.8 Å². The van der Waals surface area contributed by atoms with Crippen molar-refractivity contribution >= 4 is 11.9 Å². The van der Waals surface area contributed by atoms with Gasteiger partial charge in [0, 0.05) is 24.7 Å². The first-order valence-electron chi connectivity index (χ1n) is 9.06. The number of nitrogens with one attached hydrogen (secondary N) is 1. The largest absolute Gasteiger partial charge is 0.367 e. The van der Waals surface area contributed by atoms with E-state index in [9.17, 15) is 4.79 Å². The molecule has 1 saturated heterocycles. The number of carbonyl (C=O) groups is 1. The molecule has 3 rings (SSSR count). The number of anilines is 1. The van der Waals surface area contributed by atoms with Crippen LogP contribution >= 0.6 is 0 Å². The molecule has 136 valence electrons. The third-order valence-corrected chi connectivity index (χ3v) is 5.25. The third kappa shape index (κ3) is 3.38. The van der Waals surface area contributed by atoms with Gasteiger partial charge in [-0.15, -0.1) is 5.10 Å². The van der Waals surface area contributed by atoms with Crippen molar-refractivity contribution in [1.82, 2.24) is 29.9 Å². The molecule has 3 N–H and O–H groups in total. The topological polar surface area (TPSA) is 106 Å². The number of aromatic amines is 1. The van der Waals surface area contributed by atoms with E-state index in [0.717, 1.165) is 37.2 Å². The second-order valence-electron chi connectivity index (χ2n) is 6.70. The minimum Gasteiger partial charge on any atom is -0.367 e. The van der Waals surface area contributed by atoms with Crippen molar-refractivity contribution in [3.63, 3.8) is 0 Å². The van der Waals surface area contributed by atoms with Crippen molar-refractivity contribution in [2.45, 2.75) is 58.4 Å². The quantitative estimate of drug-likeness (QED) is 0.865. The van der Waals surface area contributed by atoms with Crippen LogP contribution in [0, 0.1) is 6.92 Å². The zero-order valence-corrected chi connectivity index (χ0v) is 15.2. The Labute approximate surface area is 147 Å². The standard InChI is InChI=1S/C17H27N7O/c1-4-13(5-2)24-11(3)14(10-19-24)16(25)23-8-6-12(7-9-23)15-20-17(18)22-21-15/h10,12-13H,4-9H2,1-3H3,(H3,18,20,21,22). The lowest BCUT2D eigenvalue weighted by molar-refractivity contribution is 0.0710. The number of nitrogen functional groups attached to an aromatic ring is 1. The molecule has 0 saturated carbocycles. The molecule has 25 heavy (non-hydrogen) atoms. The molecule has 0 unspecified atom stereocenters. The van der Waals surface area contributed by atoms with Crippen LogP contribution < -0.4 is 5.73 Å². The Morgan fingerprint density at radius 2 is 2.04 bits per heavy atom. The van der Waals surface area contributed by atoms with Gasteiger partial charge in [-0.25, -0.2) is 0 Å². The predicted molar refractivity (Wildman–Crippen MR) is 95.3 cm³/mol. The number of hydrogen-bond acceptors (Lipinski definition) is 5. The van der Waals surface area contributed by atoms with Crippen molar-refractivity contribution < 1.29 is 4.79 Å². The van der Waals surface area contributed by atoms with E-state index < -0.39 is 0 Å². The summed E-state index contributed by atoms with van der Waals surface area (Å²) >= 11 is 0. The molecule has 0 aromatic carbocycles. The summed E-state index contributed by atoms with van der Waals surface area (Å²) in [6.07, 6.45) is 5.47. The molecular weight excluding hydrogens is 318 g/mol. The van der Waals surface area contributed by atoms with E-state index >= 15 is 0 Å². The van der Waals surface area contributed by atoms with E-state index in [1.807, 2.05) is 16.5 Å². The molecule has 2 aromatic heterocycles. The molecular formula is C17H27N7O. The van der Waals surface area contributed by atoms with Crippen LogP contribution in [0.25, 0.3) is 0 Å². The maximum atomic E-state index is 12.9. The molecule has 1 amide bonds. The fourth-order valence-corrected chi connectivity index (χ4v) is 3.63. The van der Waals surface area contributed by atoms with Crippen molar-refractivity contribution in [2.75, 3.05) is 18.8 Å². The summed E-state index contributed by atoms with van der Waals surface area (Å²) in [4.78, 5) is 19.0. The lowest BCUT2D eigenvalue weighted by atomic mass is 9.95. The van der Waals surface area contributed by atoms with Gasteiger partial charge in [-0.3, -0.25) is 14.6 Å². The van der Waals surface area contributed by atoms with E-state index in [2.05, 4.69) is 34.1 Å². The van der Waals surface area contributed by atoms with Gasteiger partial charge in [0.15, 0.2) is 0 Å². The number of nitrogens with two attached hydrogens (primary N) is 1. The normalized spacial score (nSPS) is 15.9. The molecule has 3 heterocycles. The number of rotatable bonds is 5. The van der Waals surface area contributed by atoms with Crippen LogP contribution in [0.1, 0.15) is 73.4 Å². The molecule has 1 fully saturated rings. The lowest BCUT2D eigenvalue weighted by Gasteiger charge is -2.31. The van der Waals surface area contributed by atoms with Crippen LogP contribution in [-0.2, 0) is 0 Å². The van der Waals surface area contributed by atoms with Gasteiger partial charge in [-0.2, -0.15) is 10.1 Å². The number of aromatic nitrogens is 5. The van der Waals surface area contributed by atoms with E-state index in [0.29, 0.717) is 24.7 Å². The second kappa shape index (κ2) is 7.25. The van der Waals surface area contributed by atoms with Gasteiger partial charge in [0.2, 0.25) is 5.95 Å². The zero-order valence-electron chi connectivity index (χ0n) is 15.2. The van der Waals surface area contributed by atoms with Gasteiger partial charge >= 0.3 is 0 Å². The maximum Gasteiger partial charge on any atom is 0.257 e. The van der Waals surface area contributed by atoms with Crippen LogP contribution in [0.15, 0.2) is 6.20 Å². The molecule has 0 bridgehead atoms. The van der Waals surface area contributed by atoms with E-state index in [1.165, 1.54) is 0 Å². The highest BCUT2D eigenvalue weighted by molar-refractivity contribution is 5.95. The van der Waals surface area contributed by atoms with Gasteiger partial charge in [0.1, 0.15) is 5.82 Å². The molecule has 2 aromatic rings. The Kier molecular flexibility index (Phi) is 5.06. The minimum absolute atomic E-state index is 0.0743. The summed E-state index contributed by atoms with van der Waals surface area (Å²) in [5.41, 5.74) is 7.25. The first-order valence-corrected chi connectivity index (χ1v) is 9.06. The highest BCUT2D eigenvalue weighted by Gasteiger charge is 2.28. The summed E-state index contributed by atoms with van der Waals surface area (Å²) in [5, 5.41) is 11.2. The maximum absolute atomic E-state index is 12.9. The fraction of sp³-hybridized carbons (Fsp3) is 0.647. The van der Waals surface area contributed by atoms with Gasteiger partial charge < -0.3 is 10.6 Å². The Balaban J connectivity index is 1.67. The number of nitrogens with zero attached hydrogens (tertiary/aromatic N) is 5. The van der Waals surface area contributed by atoms with Crippen molar-refractivity contribution in [3.05, 3.63) is 23.3 Å². The fourth-order valence-electron chi connectivity index (χ4n) is 3.63. The van der Waals surface area contributed by atoms with Gasteiger partial charge in [0.25, 0.3) is 5.91 Å². The smallest absolute Gasteiger partial charge is 0.257 e. The average Bonchev–Trinajstić information content (AvgIpc) is 3.22. The summed E-state index contributed by atoms with van der Waals surface area (Å²) in [6.45, 7) is 7.71. The predicted octanol–water partition coefficient (Wildman–Crippen LogP) is 2.27. The van der Waals surface area contributed by atoms with Crippen molar-refractivity contribution in [1.29, 1.82) is 0 Å². The van der Waals surface area contributed by atoms with Crippen molar-refractivity contribution in [3.8, 4) is 0 Å². The first-order chi connectivity index (χ1) is 12.0. The van der Waals surface area contributed by atoms with E-state index in [-0.39, 0.29) is 17.8 Å². The summed E-state index contributed by atoms with van der Waals surface area (Å²) in [5.74, 6) is 1.45. The Morgan fingerprint density at radius 1 is 1.36 bits per heavy atom. The summed E-state index contributed by atoms with van der Waals surface area (Å²) in [6, 6.07) is 0.351. The van der Waals surface area contributed by atoms with Gasteiger partial charge in [-0.05, 0) is 32.6 Å². The van der Waals surface area contributed by atoms with E-state index in [4.69, 9.17) is 5.73 Å². The summed E-state index contributed by atoms with van der Waals surface area (Å²) in [7, 11) is 0. The highest BCUT2D eigenvalue weighted by atomic mass is 16.2. The number of H-pyrrole nitrogens is 1. The number of carbonyl (C=O) groups excluding carboxylic acids is 1. The first kappa shape index (κ1) is 17.4. The average molecular weight is 345 g/mol. The molecule has 1 aliphatic rings. The van der Waals surface area contributed by atoms with Crippen LogP contribution in [-0.4, -0.2) is 48.9 Å². The van der Waals surface area contributed by atoms with Crippen LogP contribution in [0.2, 0.25) is 0 Å². The zero-order chi connectivity index (χ0) is 18.0. The lowest BCUT2D eigenvalue weighted by Crippen LogP contribution is -2.38.